The molecule has 1 aromatic heterocycles. The monoisotopic (exact) mass is 316 g/mol. The van der Waals surface area contributed by atoms with E-state index in [4.69, 9.17) is 0 Å². The molecule has 1 heterocycles. The normalized spacial score (nSPS) is 15.5. The summed E-state index contributed by atoms with van der Waals surface area (Å²) in [5.41, 5.74) is 2.36. The Labute approximate surface area is 133 Å². The van der Waals surface area contributed by atoms with Gasteiger partial charge in [0.1, 0.15) is 0 Å². The molecule has 1 fully saturated rings. The zero-order chi connectivity index (χ0) is 15.6. The number of nitrogens with one attached hydrogen (secondary N) is 1. The van der Waals surface area contributed by atoms with Gasteiger partial charge < -0.3 is 9.88 Å². The number of nitrogens with zero attached hydrogens (tertiary/aromatic N) is 1. The van der Waals surface area contributed by atoms with Crippen LogP contribution in [0, 0.1) is 6.92 Å². The summed E-state index contributed by atoms with van der Waals surface area (Å²) >= 11 is 1.18. The van der Waals surface area contributed by atoms with Gasteiger partial charge in [-0.15, -0.1) is 0 Å². The van der Waals surface area contributed by atoms with Crippen LogP contribution in [-0.2, 0) is 16.8 Å². The van der Waals surface area contributed by atoms with Gasteiger partial charge in [-0.1, -0.05) is 41.7 Å². The molecule has 1 aliphatic rings. The fourth-order valence-corrected chi connectivity index (χ4v) is 3.52. The number of aromatic nitrogens is 1. The van der Waals surface area contributed by atoms with E-state index in [2.05, 4.69) is 17.4 Å². The second kappa shape index (κ2) is 6.08. The van der Waals surface area contributed by atoms with Crippen molar-refractivity contribution in [2.24, 2.45) is 0 Å². The van der Waals surface area contributed by atoms with Crippen molar-refractivity contribution in [1.29, 1.82) is 0 Å². The smallest absolute Gasteiger partial charge is 0.307 e. The van der Waals surface area contributed by atoms with E-state index in [9.17, 15) is 9.59 Å². The number of carbonyl (C=O) groups excluding carboxylic acids is 1. The summed E-state index contributed by atoms with van der Waals surface area (Å²) in [5, 5.41) is 4.86. The van der Waals surface area contributed by atoms with E-state index in [1.807, 2.05) is 30.5 Å². The Morgan fingerprint density at radius 2 is 2.05 bits per heavy atom. The second-order valence-electron chi connectivity index (χ2n) is 5.97. The average molecular weight is 316 g/mol. The Morgan fingerprint density at radius 3 is 2.64 bits per heavy atom. The molecular formula is C17H20N2O2S. The van der Waals surface area contributed by atoms with Crippen LogP contribution in [0.2, 0.25) is 0 Å². The highest BCUT2D eigenvalue weighted by Gasteiger charge is 2.44. The van der Waals surface area contributed by atoms with E-state index < -0.39 is 0 Å². The lowest BCUT2D eigenvalue weighted by Gasteiger charge is -2.16. The number of benzene rings is 1. The van der Waals surface area contributed by atoms with Crippen molar-refractivity contribution >= 4 is 17.2 Å². The molecule has 0 spiro atoms. The lowest BCUT2D eigenvalue weighted by Crippen LogP contribution is -2.33. The molecular weight excluding hydrogens is 296 g/mol. The average Bonchev–Trinajstić information content (AvgIpc) is 3.26. The van der Waals surface area contributed by atoms with E-state index in [1.54, 1.807) is 4.57 Å². The van der Waals surface area contributed by atoms with Gasteiger partial charge in [-0.3, -0.25) is 9.59 Å². The largest absolute Gasteiger partial charge is 0.355 e. The van der Waals surface area contributed by atoms with Crippen molar-refractivity contribution in [3.05, 3.63) is 56.6 Å². The number of hydrogen-bond acceptors (Lipinski definition) is 3. The van der Waals surface area contributed by atoms with Gasteiger partial charge in [0.15, 0.2) is 0 Å². The lowest BCUT2D eigenvalue weighted by atomic mass is 9.96. The number of hydrogen-bond donors (Lipinski definition) is 1. The molecule has 1 aliphatic carbocycles. The van der Waals surface area contributed by atoms with Crippen LogP contribution in [0.15, 0.2) is 40.5 Å². The van der Waals surface area contributed by atoms with Gasteiger partial charge in [0.25, 0.3) is 0 Å². The van der Waals surface area contributed by atoms with E-state index in [0.29, 0.717) is 19.5 Å². The maximum Gasteiger partial charge on any atom is 0.307 e. The van der Waals surface area contributed by atoms with E-state index in [-0.39, 0.29) is 16.2 Å². The van der Waals surface area contributed by atoms with E-state index >= 15 is 0 Å². The third-order valence-electron chi connectivity index (χ3n) is 4.40. The van der Waals surface area contributed by atoms with Crippen molar-refractivity contribution in [3.63, 3.8) is 0 Å². The van der Waals surface area contributed by atoms with Crippen LogP contribution in [0.5, 0.6) is 0 Å². The van der Waals surface area contributed by atoms with Gasteiger partial charge in [0.2, 0.25) is 5.91 Å². The van der Waals surface area contributed by atoms with Gasteiger partial charge >= 0.3 is 4.87 Å². The fourth-order valence-electron chi connectivity index (χ4n) is 2.75. The molecule has 2 aromatic rings. The van der Waals surface area contributed by atoms with Crippen LogP contribution in [0.3, 0.4) is 0 Å². The van der Waals surface area contributed by atoms with Crippen LogP contribution < -0.4 is 10.2 Å². The summed E-state index contributed by atoms with van der Waals surface area (Å²) < 4.78 is 1.66. The number of thiazole rings is 1. The molecule has 0 bridgehead atoms. The molecule has 1 N–H and O–H groups in total. The summed E-state index contributed by atoms with van der Waals surface area (Å²) in [4.78, 5) is 23.7. The minimum atomic E-state index is 0.00764. The first-order valence-electron chi connectivity index (χ1n) is 7.58. The highest BCUT2D eigenvalue weighted by atomic mass is 32.1. The van der Waals surface area contributed by atoms with Crippen molar-refractivity contribution in [2.45, 2.75) is 38.1 Å². The number of carbonyl (C=O) groups is 1. The third kappa shape index (κ3) is 3.14. The first-order valence-corrected chi connectivity index (χ1v) is 8.46. The summed E-state index contributed by atoms with van der Waals surface area (Å²) in [6, 6.07) is 10.4. The van der Waals surface area contributed by atoms with Crippen molar-refractivity contribution < 1.29 is 4.79 Å². The van der Waals surface area contributed by atoms with Crippen LogP contribution in [0.4, 0.5) is 0 Å². The Balaban J connectivity index is 1.52. The molecule has 0 unspecified atom stereocenters. The van der Waals surface area contributed by atoms with Gasteiger partial charge in [-0.25, -0.2) is 0 Å². The van der Waals surface area contributed by atoms with E-state index in [1.165, 1.54) is 16.9 Å². The summed E-state index contributed by atoms with van der Waals surface area (Å²) in [5.74, 6) is 0.0136. The van der Waals surface area contributed by atoms with Crippen LogP contribution in [0.1, 0.15) is 30.5 Å². The van der Waals surface area contributed by atoms with Crippen LogP contribution >= 0.6 is 11.3 Å². The molecule has 116 valence electrons. The standard InChI is InChI=1S/C17H20N2O2S/c1-13-11-22-16(21)19(13)10-7-15(20)18-12-17(8-9-17)14-5-3-2-4-6-14/h2-6,11H,7-10,12H2,1H3,(H,18,20). The SMILES string of the molecule is Cc1csc(=O)n1CCC(=O)NCC1(c2ccccc2)CC1. The molecule has 0 aliphatic heterocycles. The minimum Gasteiger partial charge on any atom is -0.355 e. The third-order valence-corrected chi connectivity index (χ3v) is 5.28. The first-order chi connectivity index (χ1) is 10.6. The predicted molar refractivity (Wildman–Crippen MR) is 88.3 cm³/mol. The van der Waals surface area contributed by atoms with Crippen molar-refractivity contribution in [1.82, 2.24) is 9.88 Å². The summed E-state index contributed by atoms with van der Waals surface area (Å²) in [6.45, 7) is 3.04. The maximum absolute atomic E-state index is 12.0. The Bertz CT molecular complexity index is 714. The second-order valence-corrected chi connectivity index (χ2v) is 6.79. The molecule has 5 heteroatoms. The van der Waals surface area contributed by atoms with E-state index in [0.717, 1.165) is 18.5 Å². The number of aryl methyl sites for hydroxylation is 1. The summed E-state index contributed by atoms with van der Waals surface area (Å²) in [6.07, 6.45) is 2.60. The fraction of sp³-hybridized carbons (Fsp3) is 0.412. The van der Waals surface area contributed by atoms with Gasteiger partial charge in [0, 0.05) is 36.0 Å². The molecule has 0 saturated heterocycles. The molecule has 3 rings (SSSR count). The van der Waals surface area contributed by atoms with Gasteiger partial charge in [0.05, 0.1) is 0 Å². The van der Waals surface area contributed by atoms with Gasteiger partial charge in [-0.2, -0.15) is 0 Å². The maximum atomic E-state index is 12.0. The molecule has 22 heavy (non-hydrogen) atoms. The predicted octanol–water partition coefficient (Wildman–Crippen LogP) is 2.46. The zero-order valence-corrected chi connectivity index (χ0v) is 13.5. The molecule has 1 saturated carbocycles. The molecule has 0 radical (unpaired) electrons. The van der Waals surface area contributed by atoms with Gasteiger partial charge in [-0.05, 0) is 25.3 Å². The highest BCUT2D eigenvalue weighted by molar-refractivity contribution is 7.07. The highest BCUT2D eigenvalue weighted by Crippen LogP contribution is 2.47. The number of amides is 1. The first kappa shape index (κ1) is 15.0. The Morgan fingerprint density at radius 1 is 1.32 bits per heavy atom. The topological polar surface area (TPSA) is 51.1 Å². The number of rotatable bonds is 6. The van der Waals surface area contributed by atoms with Crippen LogP contribution in [-0.4, -0.2) is 17.0 Å². The Hall–Kier alpha value is -1.88. The molecule has 1 aromatic carbocycles. The molecule has 4 nitrogen and oxygen atoms in total. The minimum absolute atomic E-state index is 0.00764. The zero-order valence-electron chi connectivity index (χ0n) is 12.7. The van der Waals surface area contributed by atoms with Crippen molar-refractivity contribution in [2.75, 3.05) is 6.54 Å². The quantitative estimate of drug-likeness (QED) is 0.890. The van der Waals surface area contributed by atoms with Crippen molar-refractivity contribution in [3.8, 4) is 0 Å². The summed E-state index contributed by atoms with van der Waals surface area (Å²) in [7, 11) is 0. The molecule has 1 amide bonds. The lowest BCUT2D eigenvalue weighted by molar-refractivity contribution is -0.121. The molecule has 0 atom stereocenters. The van der Waals surface area contributed by atoms with Crippen LogP contribution in [0.25, 0.3) is 0 Å². The Kier molecular flexibility index (Phi) is 4.16.